The van der Waals surface area contributed by atoms with Gasteiger partial charge in [-0.3, -0.25) is 0 Å². The van der Waals surface area contributed by atoms with Crippen molar-refractivity contribution in [3.8, 4) is 11.5 Å². The van der Waals surface area contributed by atoms with Crippen molar-refractivity contribution in [2.75, 3.05) is 14.2 Å². The molecule has 0 aliphatic carbocycles. The van der Waals surface area contributed by atoms with Gasteiger partial charge in [0.2, 0.25) is 0 Å². The molecule has 0 heterocycles. The summed E-state index contributed by atoms with van der Waals surface area (Å²) in [4.78, 5) is -0.0361. The highest BCUT2D eigenvalue weighted by molar-refractivity contribution is 9.10. The summed E-state index contributed by atoms with van der Waals surface area (Å²) in [6.45, 7) is 0. The lowest BCUT2D eigenvalue weighted by molar-refractivity contribution is 0.403. The quantitative estimate of drug-likeness (QED) is 0.600. The van der Waals surface area contributed by atoms with Gasteiger partial charge in [-0.15, -0.1) is 0 Å². The Hall–Kier alpha value is -0.760. The fourth-order valence-corrected chi connectivity index (χ4v) is 3.21. The van der Waals surface area contributed by atoms with Crippen LogP contribution in [-0.2, 0) is 9.05 Å². The second kappa shape index (κ2) is 8.76. The lowest BCUT2D eigenvalue weighted by Gasteiger charge is -2.04. The number of benzene rings is 2. The summed E-state index contributed by atoms with van der Waals surface area (Å²) >= 11 is 6.46. The summed E-state index contributed by atoms with van der Waals surface area (Å²) in [5.74, 6) is 1.12. The van der Waals surface area contributed by atoms with E-state index in [0.29, 0.717) is 4.47 Å². The van der Waals surface area contributed by atoms with Gasteiger partial charge in [0.1, 0.15) is 16.4 Å². The summed E-state index contributed by atoms with van der Waals surface area (Å²) in [5.41, 5.74) is 0. The average Bonchev–Trinajstić information content (AvgIpc) is 2.48. The molecule has 0 atom stereocenters. The van der Waals surface area contributed by atoms with Crippen molar-refractivity contribution in [3.05, 3.63) is 51.4 Å². The maximum atomic E-state index is 11.0. The number of ether oxygens (including phenoxy) is 2. The van der Waals surface area contributed by atoms with Crippen LogP contribution in [0.2, 0.25) is 0 Å². The number of rotatable bonds is 3. The summed E-state index contributed by atoms with van der Waals surface area (Å²) < 4.78 is 33.6. The Balaban J connectivity index is 0.000000235. The first-order valence-electron chi connectivity index (χ1n) is 5.85. The van der Waals surface area contributed by atoms with Gasteiger partial charge in [0.15, 0.2) is 0 Å². The molecule has 0 N–H and O–H groups in total. The maximum Gasteiger partial charge on any atom is 0.265 e. The van der Waals surface area contributed by atoms with Crippen molar-refractivity contribution in [2.24, 2.45) is 0 Å². The third kappa shape index (κ3) is 6.16. The van der Waals surface area contributed by atoms with Crippen LogP contribution < -0.4 is 9.47 Å². The maximum absolute atomic E-state index is 11.0. The average molecular weight is 473 g/mol. The van der Waals surface area contributed by atoms with Crippen molar-refractivity contribution in [3.63, 3.8) is 0 Å². The first-order chi connectivity index (χ1) is 10.3. The minimum absolute atomic E-state index is 0.0361. The van der Waals surface area contributed by atoms with Crippen molar-refractivity contribution < 1.29 is 17.9 Å². The largest absolute Gasteiger partial charge is 0.497 e. The predicted octanol–water partition coefficient (Wildman–Crippen LogP) is 4.84. The van der Waals surface area contributed by atoms with Crippen LogP contribution in [0.3, 0.4) is 0 Å². The van der Waals surface area contributed by atoms with Gasteiger partial charge in [-0.25, -0.2) is 8.42 Å². The van der Waals surface area contributed by atoms with Gasteiger partial charge in [-0.05, 0) is 42.5 Å². The van der Waals surface area contributed by atoms with Crippen LogP contribution >= 0.6 is 42.5 Å². The first kappa shape index (κ1) is 19.3. The van der Waals surface area contributed by atoms with E-state index in [9.17, 15) is 8.42 Å². The standard InChI is InChI=1S/C7H6BrClO3S.C7H7BrO/c1-12-6-3-2-5(8)4-7(6)13(9,10)11;1-9-7-4-2-6(8)3-5-7/h2-4H,1H3;2-5H,1H3. The van der Waals surface area contributed by atoms with Crippen LogP contribution in [-0.4, -0.2) is 22.6 Å². The Morgan fingerprint density at radius 1 is 0.909 bits per heavy atom. The van der Waals surface area contributed by atoms with Gasteiger partial charge >= 0.3 is 0 Å². The van der Waals surface area contributed by atoms with Crippen LogP contribution in [0.15, 0.2) is 56.3 Å². The molecule has 4 nitrogen and oxygen atoms in total. The number of halogens is 3. The molecule has 0 aliphatic rings. The molecule has 2 aromatic carbocycles. The molecule has 2 aromatic rings. The lowest BCUT2D eigenvalue weighted by Crippen LogP contribution is -1.95. The van der Waals surface area contributed by atoms with Gasteiger partial charge in [0, 0.05) is 19.6 Å². The second-order valence-corrected chi connectivity index (χ2v) is 8.26. The van der Waals surface area contributed by atoms with E-state index in [1.54, 1.807) is 13.2 Å². The number of methoxy groups -OCH3 is 2. The van der Waals surface area contributed by atoms with E-state index in [-0.39, 0.29) is 10.6 Å². The van der Waals surface area contributed by atoms with Crippen LogP contribution in [0.25, 0.3) is 0 Å². The molecule has 0 radical (unpaired) electrons. The third-order valence-corrected chi connectivity index (χ3v) is 4.80. The smallest absolute Gasteiger partial charge is 0.265 e. The molecule has 0 bridgehead atoms. The van der Waals surface area contributed by atoms with Gasteiger partial charge in [-0.1, -0.05) is 31.9 Å². The van der Waals surface area contributed by atoms with E-state index in [4.69, 9.17) is 20.2 Å². The highest BCUT2D eigenvalue weighted by atomic mass is 79.9. The summed E-state index contributed by atoms with van der Waals surface area (Å²) in [6, 6.07) is 12.3. The molecule has 0 amide bonds. The van der Waals surface area contributed by atoms with Crippen LogP contribution in [0.4, 0.5) is 0 Å². The second-order valence-electron chi connectivity index (χ2n) is 3.89. The molecule has 0 fully saturated rings. The van der Waals surface area contributed by atoms with Gasteiger partial charge in [0.25, 0.3) is 9.05 Å². The van der Waals surface area contributed by atoms with E-state index in [1.807, 2.05) is 24.3 Å². The fourth-order valence-electron chi connectivity index (χ4n) is 1.41. The van der Waals surface area contributed by atoms with Gasteiger partial charge in [0.05, 0.1) is 14.2 Å². The van der Waals surface area contributed by atoms with Crippen molar-refractivity contribution in [1.82, 2.24) is 0 Å². The Morgan fingerprint density at radius 3 is 1.91 bits per heavy atom. The zero-order valence-electron chi connectivity index (χ0n) is 11.7. The highest BCUT2D eigenvalue weighted by Gasteiger charge is 2.16. The number of hydrogen-bond donors (Lipinski definition) is 0. The Bertz CT molecular complexity index is 718. The molecule has 2 rings (SSSR count). The van der Waals surface area contributed by atoms with E-state index >= 15 is 0 Å². The van der Waals surface area contributed by atoms with Crippen molar-refractivity contribution in [1.29, 1.82) is 0 Å². The predicted molar refractivity (Wildman–Crippen MR) is 94.4 cm³/mol. The minimum Gasteiger partial charge on any atom is -0.497 e. The SMILES string of the molecule is COc1ccc(Br)cc1.COc1ccc(Br)cc1S(=O)(=O)Cl. The summed E-state index contributed by atoms with van der Waals surface area (Å²) in [7, 11) is 4.47. The minimum atomic E-state index is -3.75. The highest BCUT2D eigenvalue weighted by Crippen LogP contribution is 2.29. The molecule has 8 heteroatoms. The number of hydrogen-bond acceptors (Lipinski definition) is 4. The Labute approximate surface area is 151 Å². The lowest BCUT2D eigenvalue weighted by atomic mass is 10.3. The first-order valence-corrected chi connectivity index (χ1v) is 9.75. The van der Waals surface area contributed by atoms with Gasteiger partial charge in [-0.2, -0.15) is 0 Å². The Kier molecular flexibility index (Phi) is 7.68. The van der Waals surface area contributed by atoms with E-state index in [1.165, 1.54) is 19.2 Å². The molecule has 22 heavy (non-hydrogen) atoms. The van der Waals surface area contributed by atoms with Crippen LogP contribution in [0.1, 0.15) is 0 Å². The van der Waals surface area contributed by atoms with Crippen LogP contribution in [0.5, 0.6) is 11.5 Å². The molecule has 0 aliphatic heterocycles. The Morgan fingerprint density at radius 2 is 1.45 bits per heavy atom. The van der Waals surface area contributed by atoms with Crippen molar-refractivity contribution in [2.45, 2.75) is 4.90 Å². The van der Waals surface area contributed by atoms with Gasteiger partial charge < -0.3 is 9.47 Å². The molecule has 120 valence electrons. The monoisotopic (exact) mass is 470 g/mol. The molecular formula is C14H13Br2ClO4S. The van der Waals surface area contributed by atoms with Crippen LogP contribution in [0, 0.1) is 0 Å². The zero-order chi connectivity index (χ0) is 16.8. The zero-order valence-corrected chi connectivity index (χ0v) is 16.5. The van der Waals surface area contributed by atoms with Crippen molar-refractivity contribution >= 4 is 51.6 Å². The molecule has 0 unspecified atom stereocenters. The molecule has 0 aromatic heterocycles. The summed E-state index contributed by atoms with van der Waals surface area (Å²) in [5, 5.41) is 0. The van der Waals surface area contributed by atoms with E-state index < -0.39 is 9.05 Å². The molecule has 0 saturated carbocycles. The molecule has 0 spiro atoms. The normalized spacial score (nSPS) is 10.4. The molecular weight excluding hydrogens is 459 g/mol. The fraction of sp³-hybridized carbons (Fsp3) is 0.143. The van der Waals surface area contributed by atoms with E-state index in [0.717, 1.165) is 10.2 Å². The summed E-state index contributed by atoms with van der Waals surface area (Å²) in [6.07, 6.45) is 0. The molecule has 0 saturated heterocycles. The third-order valence-electron chi connectivity index (χ3n) is 2.44. The topological polar surface area (TPSA) is 52.6 Å². The van der Waals surface area contributed by atoms with E-state index in [2.05, 4.69) is 31.9 Å².